The Labute approximate surface area is 291 Å². The maximum Gasteiger partial charge on any atom is 0.416 e. The highest BCUT2D eigenvalue weighted by Gasteiger charge is 2.32. The molecule has 0 aliphatic carbocycles. The molecule has 4 atom stereocenters. The average Bonchev–Trinajstić information content (AvgIpc) is 3.37. The van der Waals surface area contributed by atoms with Crippen LogP contribution in [-0.4, -0.2) is 83.6 Å². The predicted octanol–water partition coefficient (Wildman–Crippen LogP) is 6.88. The SMILES string of the molecule is Cc1noc(C)c1NC(=O)Nc1ccc2c(c1)C(=O)N([C@H](C)CO)C[C@@H](C)[C@@H](CN(C)Cc1ccc(C(F)(F)F)cc1)OCCCC[C@@H](C)O2. The third kappa shape index (κ3) is 10.4. The van der Waals surface area contributed by atoms with Gasteiger partial charge in [0.15, 0.2) is 5.76 Å². The number of ether oxygens (including phenoxy) is 2. The number of aliphatic hydroxyl groups is 1. The molecule has 0 spiro atoms. The Bertz CT molecular complexity index is 1560. The lowest BCUT2D eigenvalue weighted by atomic mass is 10.0. The van der Waals surface area contributed by atoms with Crippen LogP contribution in [0.3, 0.4) is 0 Å². The minimum absolute atomic E-state index is 0.198. The van der Waals surface area contributed by atoms with Crippen molar-refractivity contribution in [1.29, 1.82) is 0 Å². The number of carbonyl (C=O) groups excluding carboxylic acids is 2. The zero-order valence-corrected chi connectivity index (χ0v) is 29.5. The minimum atomic E-state index is -4.40. The molecule has 1 aliphatic rings. The zero-order valence-electron chi connectivity index (χ0n) is 29.5. The number of rotatable bonds is 8. The van der Waals surface area contributed by atoms with Gasteiger partial charge < -0.3 is 34.6 Å². The first-order chi connectivity index (χ1) is 23.7. The number of benzene rings is 2. The number of hydrogen-bond acceptors (Lipinski definition) is 8. The van der Waals surface area contributed by atoms with Crippen molar-refractivity contribution in [3.8, 4) is 5.75 Å². The largest absolute Gasteiger partial charge is 0.490 e. The number of nitrogens with zero attached hydrogens (tertiary/aromatic N) is 3. The monoisotopic (exact) mass is 703 g/mol. The Kier molecular flexibility index (Phi) is 13.3. The van der Waals surface area contributed by atoms with Gasteiger partial charge in [-0.25, -0.2) is 4.79 Å². The quantitative estimate of drug-likeness (QED) is 0.232. The van der Waals surface area contributed by atoms with Crippen LogP contribution in [0.2, 0.25) is 0 Å². The van der Waals surface area contributed by atoms with Crippen LogP contribution in [0, 0.1) is 19.8 Å². The van der Waals surface area contributed by atoms with Crippen molar-refractivity contribution in [3.63, 3.8) is 0 Å². The van der Waals surface area contributed by atoms with Crippen LogP contribution < -0.4 is 15.4 Å². The van der Waals surface area contributed by atoms with E-state index < -0.39 is 23.8 Å². The van der Waals surface area contributed by atoms with Crippen molar-refractivity contribution < 1.29 is 41.9 Å². The Morgan fingerprint density at radius 2 is 1.84 bits per heavy atom. The van der Waals surface area contributed by atoms with Gasteiger partial charge in [-0.15, -0.1) is 0 Å². The van der Waals surface area contributed by atoms with E-state index in [1.54, 1.807) is 43.9 Å². The summed E-state index contributed by atoms with van der Waals surface area (Å²) in [5, 5.41) is 19.6. The van der Waals surface area contributed by atoms with Crippen LogP contribution in [0.4, 0.5) is 29.3 Å². The van der Waals surface area contributed by atoms with Crippen LogP contribution in [0.5, 0.6) is 5.75 Å². The minimum Gasteiger partial charge on any atom is -0.490 e. The maximum absolute atomic E-state index is 14.4. The molecule has 11 nitrogen and oxygen atoms in total. The number of hydrogen-bond donors (Lipinski definition) is 3. The second-order valence-electron chi connectivity index (χ2n) is 13.2. The van der Waals surface area contributed by atoms with Crippen molar-refractivity contribution in [2.24, 2.45) is 5.92 Å². The van der Waals surface area contributed by atoms with Gasteiger partial charge in [0.1, 0.15) is 17.1 Å². The van der Waals surface area contributed by atoms with E-state index in [1.807, 2.05) is 25.8 Å². The molecule has 274 valence electrons. The molecule has 0 fully saturated rings. The predicted molar refractivity (Wildman–Crippen MR) is 183 cm³/mol. The van der Waals surface area contributed by atoms with Crippen molar-refractivity contribution in [2.45, 2.75) is 84.9 Å². The first-order valence-corrected chi connectivity index (χ1v) is 16.9. The Morgan fingerprint density at radius 3 is 2.48 bits per heavy atom. The van der Waals surface area contributed by atoms with Crippen LogP contribution >= 0.6 is 0 Å². The smallest absolute Gasteiger partial charge is 0.416 e. The summed E-state index contributed by atoms with van der Waals surface area (Å²) in [4.78, 5) is 30.8. The van der Waals surface area contributed by atoms with Crippen molar-refractivity contribution >= 4 is 23.3 Å². The molecule has 50 heavy (non-hydrogen) atoms. The van der Waals surface area contributed by atoms with E-state index in [1.165, 1.54) is 12.1 Å². The number of nitrogens with one attached hydrogen (secondary N) is 2. The van der Waals surface area contributed by atoms with Crippen LogP contribution in [0.25, 0.3) is 0 Å². The van der Waals surface area contributed by atoms with Gasteiger partial charge in [-0.1, -0.05) is 24.2 Å². The molecule has 0 bridgehead atoms. The summed E-state index contributed by atoms with van der Waals surface area (Å²) in [6, 6.07) is 8.90. The molecule has 0 saturated heterocycles. The van der Waals surface area contributed by atoms with Crippen LogP contribution in [-0.2, 0) is 17.5 Å². The van der Waals surface area contributed by atoms with Crippen LogP contribution in [0.1, 0.15) is 73.0 Å². The number of fused-ring (bicyclic) bond motifs is 1. The summed E-state index contributed by atoms with van der Waals surface area (Å²) in [6.45, 7) is 10.3. The third-order valence-corrected chi connectivity index (χ3v) is 8.81. The Morgan fingerprint density at radius 1 is 1.12 bits per heavy atom. The topological polar surface area (TPSA) is 129 Å². The van der Waals surface area contributed by atoms with Gasteiger partial charge >= 0.3 is 12.2 Å². The lowest BCUT2D eigenvalue weighted by Crippen LogP contribution is -2.47. The molecule has 1 aliphatic heterocycles. The lowest BCUT2D eigenvalue weighted by Gasteiger charge is -2.36. The summed E-state index contributed by atoms with van der Waals surface area (Å²) in [7, 11) is 1.88. The standard InChI is InChI=1S/C36H48F3N5O6/c1-22-18-44(23(2)21-45)34(46)30-17-29(40-35(47)41-33-25(4)42-50-26(33)5)14-15-31(30)49-24(3)9-7-8-16-48-32(22)20-43(6)19-27-10-12-28(13-11-27)36(37,38)39/h10-15,17,22-24,32,45H,7-9,16,18-21H2,1-6H3,(H2,40,41,47)/t22-,23-,24-,32-/m1/s1. The van der Waals surface area contributed by atoms with E-state index in [2.05, 4.69) is 15.8 Å². The van der Waals surface area contributed by atoms with Crippen molar-refractivity contribution in [2.75, 3.05) is 44.0 Å². The maximum atomic E-state index is 14.4. The van der Waals surface area contributed by atoms with Gasteiger partial charge in [0, 0.05) is 37.8 Å². The van der Waals surface area contributed by atoms with E-state index in [0.29, 0.717) is 54.7 Å². The highest BCUT2D eigenvalue weighted by atomic mass is 19.4. The van der Waals surface area contributed by atoms with Crippen molar-refractivity contribution in [3.05, 3.63) is 70.6 Å². The second-order valence-corrected chi connectivity index (χ2v) is 13.2. The van der Waals surface area contributed by atoms with Gasteiger partial charge in [-0.3, -0.25) is 9.69 Å². The van der Waals surface area contributed by atoms with E-state index in [9.17, 15) is 27.9 Å². The number of halogens is 3. The number of carbonyl (C=O) groups is 2. The van der Waals surface area contributed by atoms with E-state index in [-0.39, 0.29) is 42.7 Å². The molecular weight excluding hydrogens is 655 g/mol. The summed E-state index contributed by atoms with van der Waals surface area (Å²) >= 11 is 0. The highest BCUT2D eigenvalue weighted by Crippen LogP contribution is 2.31. The number of aryl methyl sites for hydroxylation is 2. The van der Waals surface area contributed by atoms with Crippen LogP contribution in [0.15, 0.2) is 47.0 Å². The number of aromatic nitrogens is 1. The fourth-order valence-corrected chi connectivity index (χ4v) is 5.88. The second kappa shape index (κ2) is 17.2. The molecular formula is C36H48F3N5O6. The van der Waals surface area contributed by atoms with E-state index in [0.717, 1.165) is 30.5 Å². The van der Waals surface area contributed by atoms with E-state index in [4.69, 9.17) is 14.0 Å². The van der Waals surface area contributed by atoms with Crippen molar-refractivity contribution in [1.82, 2.24) is 15.0 Å². The number of likely N-dealkylation sites (N-methyl/N-ethyl adjacent to an activating group) is 1. The molecule has 4 rings (SSSR count). The lowest BCUT2D eigenvalue weighted by molar-refractivity contribution is -0.137. The molecule has 0 unspecified atom stereocenters. The molecule has 1 aromatic heterocycles. The highest BCUT2D eigenvalue weighted by molar-refractivity contribution is 6.03. The molecule has 3 amide bonds. The normalized spacial score (nSPS) is 20.1. The molecule has 2 aromatic carbocycles. The van der Waals surface area contributed by atoms with Gasteiger partial charge in [0.05, 0.1) is 36.0 Å². The Balaban J connectivity index is 1.57. The number of urea groups is 1. The summed E-state index contributed by atoms with van der Waals surface area (Å²) in [6.07, 6.45) is -2.63. The number of alkyl halides is 3. The first-order valence-electron chi connectivity index (χ1n) is 16.9. The first kappa shape index (κ1) is 38.7. The molecule has 3 N–H and O–H groups in total. The number of amides is 3. The van der Waals surface area contributed by atoms with Gasteiger partial charge in [0.25, 0.3) is 5.91 Å². The third-order valence-electron chi connectivity index (χ3n) is 8.81. The summed E-state index contributed by atoms with van der Waals surface area (Å²) in [5.74, 6) is 0.235. The molecule has 0 radical (unpaired) electrons. The summed E-state index contributed by atoms with van der Waals surface area (Å²) in [5.41, 5.74) is 1.60. The van der Waals surface area contributed by atoms with Gasteiger partial charge in [-0.2, -0.15) is 13.2 Å². The van der Waals surface area contributed by atoms with E-state index >= 15 is 0 Å². The molecule has 14 heteroatoms. The van der Waals surface area contributed by atoms with Gasteiger partial charge in [-0.05, 0) is 89.9 Å². The molecule has 3 aromatic rings. The number of anilines is 2. The summed E-state index contributed by atoms with van der Waals surface area (Å²) < 4.78 is 57.0. The molecule has 0 saturated carbocycles. The zero-order chi connectivity index (χ0) is 36.6. The number of aliphatic hydroxyl groups excluding tert-OH is 1. The fourth-order valence-electron chi connectivity index (χ4n) is 5.88. The van der Waals surface area contributed by atoms with Gasteiger partial charge in [0.2, 0.25) is 0 Å². The fraction of sp³-hybridized carbons (Fsp3) is 0.528. The Hall–Kier alpha value is -4.14. The average molecular weight is 704 g/mol. The molecule has 2 heterocycles.